The molecule has 0 amide bonds. The smallest absolute Gasteiger partial charge is 0.116 e. The summed E-state index contributed by atoms with van der Waals surface area (Å²) in [7, 11) is 0. The number of hydrogen-bond donors (Lipinski definition) is 1. The summed E-state index contributed by atoms with van der Waals surface area (Å²) in [5.41, 5.74) is 4.60. The molecule has 0 radical (unpaired) electrons. The van der Waals surface area contributed by atoms with E-state index in [-0.39, 0.29) is 0 Å². The summed E-state index contributed by atoms with van der Waals surface area (Å²) in [6.45, 7) is 0. The summed E-state index contributed by atoms with van der Waals surface area (Å²) in [4.78, 5) is 6.05. The van der Waals surface area contributed by atoms with E-state index >= 15 is 0 Å². The predicted molar refractivity (Wildman–Crippen MR) is 75.3 cm³/mol. The Bertz CT molecular complexity index is 757. The van der Waals surface area contributed by atoms with E-state index < -0.39 is 0 Å². The molecule has 0 saturated carbocycles. The molecule has 18 heavy (non-hydrogen) atoms. The van der Waals surface area contributed by atoms with Gasteiger partial charge in [-0.2, -0.15) is 0 Å². The van der Waals surface area contributed by atoms with Crippen LogP contribution in [0.25, 0.3) is 28.2 Å². The van der Waals surface area contributed by atoms with Gasteiger partial charge in [-0.15, -0.1) is 11.3 Å². The Morgan fingerprint density at radius 2 is 2.22 bits per heavy atom. The fraction of sp³-hybridized carbons (Fsp3) is 0.133. The molecule has 1 aliphatic carbocycles. The van der Waals surface area contributed by atoms with E-state index in [1.54, 1.807) is 17.4 Å². The Morgan fingerprint density at radius 1 is 1.28 bits per heavy atom. The maximum absolute atomic E-state index is 9.61. The molecule has 2 nitrogen and oxygen atoms in total. The molecule has 0 bridgehead atoms. The highest BCUT2D eigenvalue weighted by Crippen LogP contribution is 2.40. The highest BCUT2D eigenvalue weighted by molar-refractivity contribution is 7.11. The maximum Gasteiger partial charge on any atom is 0.116 e. The Hall–Kier alpha value is -1.87. The number of hydrogen-bond acceptors (Lipinski definition) is 3. The van der Waals surface area contributed by atoms with Crippen molar-refractivity contribution >= 4 is 28.3 Å². The number of allylic oxidation sites excluding steroid dienone is 1. The fourth-order valence-corrected chi connectivity index (χ4v) is 3.60. The van der Waals surface area contributed by atoms with Crippen LogP contribution in [0.2, 0.25) is 0 Å². The van der Waals surface area contributed by atoms with Gasteiger partial charge in [0.15, 0.2) is 0 Å². The molecule has 2 aliphatic heterocycles. The van der Waals surface area contributed by atoms with Crippen LogP contribution in [0.3, 0.4) is 0 Å². The third-order valence-corrected chi connectivity index (χ3v) is 4.46. The molecule has 4 rings (SSSR count). The Balaban J connectivity index is 2.13. The minimum absolute atomic E-state index is 0.305. The number of rotatable bonds is 0. The molecule has 0 atom stereocenters. The Labute approximate surface area is 109 Å². The standard InChI is InChI=1S/C15H11NOS/c17-9-5-6-13-11(7-9)12-8-18-14-4-2-1-3-10(14)15(12)16-13/h2,4-8,17H,1,3H2. The molecular weight excluding hydrogens is 242 g/mol. The quantitative estimate of drug-likeness (QED) is 0.655. The zero-order valence-corrected chi connectivity index (χ0v) is 10.5. The van der Waals surface area contributed by atoms with Crippen molar-refractivity contribution in [2.45, 2.75) is 12.8 Å². The van der Waals surface area contributed by atoms with Crippen LogP contribution in [0.15, 0.2) is 29.7 Å². The SMILES string of the molecule is Oc1ccc2nc3c4c(scc-3c2c1)C=CCC4. The zero-order valence-electron chi connectivity index (χ0n) is 9.68. The Morgan fingerprint density at radius 3 is 3.17 bits per heavy atom. The summed E-state index contributed by atoms with van der Waals surface area (Å²) < 4.78 is 0. The number of aromatic nitrogens is 1. The lowest BCUT2D eigenvalue weighted by molar-refractivity contribution is 0.476. The molecule has 88 valence electrons. The van der Waals surface area contributed by atoms with E-state index in [0.29, 0.717) is 5.75 Å². The van der Waals surface area contributed by atoms with Gasteiger partial charge in [-0.3, -0.25) is 0 Å². The first-order valence-electron chi connectivity index (χ1n) is 6.02. The van der Waals surface area contributed by atoms with Gasteiger partial charge in [-0.1, -0.05) is 6.08 Å². The summed E-state index contributed by atoms with van der Waals surface area (Å²) in [5, 5.41) is 12.8. The van der Waals surface area contributed by atoms with E-state index in [0.717, 1.165) is 29.4 Å². The van der Waals surface area contributed by atoms with Gasteiger partial charge in [-0.05, 0) is 42.7 Å². The van der Waals surface area contributed by atoms with Gasteiger partial charge < -0.3 is 5.11 Å². The minimum Gasteiger partial charge on any atom is -0.508 e. The maximum atomic E-state index is 9.61. The Kier molecular flexibility index (Phi) is 2.00. The van der Waals surface area contributed by atoms with Crippen molar-refractivity contribution in [3.05, 3.63) is 40.1 Å². The molecule has 1 aromatic rings. The largest absolute Gasteiger partial charge is 0.508 e. The highest BCUT2D eigenvalue weighted by Gasteiger charge is 2.19. The van der Waals surface area contributed by atoms with Crippen LogP contribution in [0.4, 0.5) is 0 Å². The minimum atomic E-state index is 0.305. The van der Waals surface area contributed by atoms with Crippen molar-refractivity contribution in [1.82, 2.24) is 4.98 Å². The number of phenols is 1. The van der Waals surface area contributed by atoms with Gasteiger partial charge in [0.25, 0.3) is 0 Å². The van der Waals surface area contributed by atoms with Crippen molar-refractivity contribution in [2.24, 2.45) is 0 Å². The van der Waals surface area contributed by atoms with E-state index in [1.807, 2.05) is 12.1 Å². The molecule has 0 unspecified atom stereocenters. The van der Waals surface area contributed by atoms with Crippen LogP contribution in [0.1, 0.15) is 16.9 Å². The summed E-state index contributed by atoms with van der Waals surface area (Å²) >= 11 is 1.76. The highest BCUT2D eigenvalue weighted by atomic mass is 32.1. The van der Waals surface area contributed by atoms with Gasteiger partial charge in [0.1, 0.15) is 5.75 Å². The molecule has 3 heteroatoms. The molecule has 1 N–H and O–H groups in total. The van der Waals surface area contributed by atoms with E-state index in [4.69, 9.17) is 4.98 Å². The van der Waals surface area contributed by atoms with Gasteiger partial charge in [0, 0.05) is 21.2 Å². The first kappa shape index (κ1) is 10.1. The van der Waals surface area contributed by atoms with Gasteiger partial charge in [-0.25, -0.2) is 4.98 Å². The number of phenolic OH excluding ortho intramolecular Hbond substituents is 1. The van der Waals surface area contributed by atoms with Gasteiger partial charge >= 0.3 is 0 Å². The average molecular weight is 253 g/mol. The lowest BCUT2D eigenvalue weighted by atomic mass is 9.99. The summed E-state index contributed by atoms with van der Waals surface area (Å²) in [5.74, 6) is 0.305. The first-order chi connectivity index (χ1) is 8.83. The molecule has 1 aromatic carbocycles. The summed E-state index contributed by atoms with van der Waals surface area (Å²) in [6, 6.07) is 5.40. The third kappa shape index (κ3) is 1.31. The lowest BCUT2D eigenvalue weighted by Gasteiger charge is -2.12. The van der Waals surface area contributed by atoms with E-state index in [1.165, 1.54) is 16.0 Å². The van der Waals surface area contributed by atoms with Crippen LogP contribution < -0.4 is 0 Å². The topological polar surface area (TPSA) is 33.1 Å². The second-order valence-electron chi connectivity index (χ2n) is 4.60. The van der Waals surface area contributed by atoms with Crippen molar-refractivity contribution < 1.29 is 5.11 Å². The van der Waals surface area contributed by atoms with Crippen LogP contribution in [0.5, 0.6) is 5.75 Å². The number of benzene rings is 1. The number of aromatic hydroxyl groups is 1. The molecular formula is C15H11NOS. The van der Waals surface area contributed by atoms with Gasteiger partial charge in [0.05, 0.1) is 11.2 Å². The van der Waals surface area contributed by atoms with Crippen molar-refractivity contribution in [3.63, 3.8) is 0 Å². The first-order valence-corrected chi connectivity index (χ1v) is 6.90. The van der Waals surface area contributed by atoms with Crippen LogP contribution in [-0.2, 0) is 6.42 Å². The molecule has 3 aliphatic rings. The van der Waals surface area contributed by atoms with Crippen LogP contribution in [-0.4, -0.2) is 10.1 Å². The number of fused-ring (bicyclic) bond motifs is 5. The molecule has 0 fully saturated rings. The van der Waals surface area contributed by atoms with E-state index in [9.17, 15) is 5.11 Å². The molecule has 0 saturated heterocycles. The van der Waals surface area contributed by atoms with Crippen molar-refractivity contribution in [1.29, 1.82) is 0 Å². The normalized spacial score (nSPS) is 14.2. The molecule has 0 aromatic heterocycles. The lowest BCUT2D eigenvalue weighted by Crippen LogP contribution is -1.96. The van der Waals surface area contributed by atoms with Crippen LogP contribution >= 0.6 is 11.3 Å². The summed E-state index contributed by atoms with van der Waals surface area (Å²) in [6.07, 6.45) is 6.57. The number of nitrogens with zero attached hydrogens (tertiary/aromatic N) is 1. The second kappa shape index (κ2) is 3.56. The molecule has 2 heterocycles. The van der Waals surface area contributed by atoms with Crippen molar-refractivity contribution in [2.75, 3.05) is 0 Å². The van der Waals surface area contributed by atoms with Crippen LogP contribution in [0, 0.1) is 0 Å². The van der Waals surface area contributed by atoms with Gasteiger partial charge in [0.2, 0.25) is 0 Å². The van der Waals surface area contributed by atoms with E-state index in [2.05, 4.69) is 17.5 Å². The monoisotopic (exact) mass is 253 g/mol. The van der Waals surface area contributed by atoms with Crippen molar-refractivity contribution in [3.8, 4) is 17.0 Å². The third-order valence-electron chi connectivity index (χ3n) is 3.47. The second-order valence-corrected chi connectivity index (χ2v) is 5.51. The molecule has 0 spiro atoms. The predicted octanol–water partition coefficient (Wildman–Crippen LogP) is 4.07. The zero-order chi connectivity index (χ0) is 12.1. The average Bonchev–Trinajstić information content (AvgIpc) is 2.77. The fourth-order valence-electron chi connectivity index (χ4n) is 2.60.